The second-order valence-electron chi connectivity index (χ2n) is 6.02. The molecule has 2 aromatic carbocycles. The summed E-state index contributed by atoms with van der Waals surface area (Å²) >= 11 is 0. The summed E-state index contributed by atoms with van der Waals surface area (Å²) in [7, 11) is -2.50. The van der Waals surface area contributed by atoms with E-state index in [4.69, 9.17) is 4.74 Å². The molecule has 1 amide bonds. The molecule has 27 heavy (non-hydrogen) atoms. The molecular formula is C18H20F2N2O4S. The number of methoxy groups -OCH3 is 1. The Morgan fingerprint density at radius 3 is 2.41 bits per heavy atom. The third-order valence-electron chi connectivity index (χ3n) is 3.85. The van der Waals surface area contributed by atoms with Crippen LogP contribution in [0.15, 0.2) is 36.4 Å². The number of halogens is 2. The van der Waals surface area contributed by atoms with Crippen LogP contribution in [0, 0.1) is 18.6 Å². The lowest BCUT2D eigenvalue weighted by molar-refractivity contribution is -0.116. The Labute approximate surface area is 156 Å². The number of nitrogens with zero attached hydrogens (tertiary/aromatic N) is 1. The van der Waals surface area contributed by atoms with Crippen molar-refractivity contribution in [2.45, 2.75) is 19.9 Å². The summed E-state index contributed by atoms with van der Waals surface area (Å²) in [6.07, 6.45) is 0.955. The van der Waals surface area contributed by atoms with Crippen LogP contribution in [0.4, 0.5) is 20.2 Å². The number of aryl methyl sites for hydroxylation is 1. The molecule has 0 bridgehead atoms. The second kappa shape index (κ2) is 7.91. The lowest BCUT2D eigenvalue weighted by Gasteiger charge is -2.29. The Morgan fingerprint density at radius 1 is 1.19 bits per heavy atom. The molecule has 0 fully saturated rings. The minimum Gasteiger partial charge on any atom is -0.495 e. The summed E-state index contributed by atoms with van der Waals surface area (Å²) in [4.78, 5) is 12.6. The van der Waals surface area contributed by atoms with Crippen molar-refractivity contribution in [1.82, 2.24) is 0 Å². The van der Waals surface area contributed by atoms with Crippen molar-refractivity contribution in [2.24, 2.45) is 0 Å². The maximum Gasteiger partial charge on any atom is 0.248 e. The van der Waals surface area contributed by atoms with Gasteiger partial charge in [-0.05, 0) is 43.7 Å². The molecule has 2 rings (SSSR count). The summed E-state index contributed by atoms with van der Waals surface area (Å²) in [5, 5.41) is 2.28. The third kappa shape index (κ3) is 4.73. The zero-order valence-corrected chi connectivity index (χ0v) is 16.1. The van der Waals surface area contributed by atoms with E-state index in [9.17, 15) is 22.0 Å². The fraction of sp³-hybridized carbons (Fsp3) is 0.278. The largest absolute Gasteiger partial charge is 0.495 e. The number of hydrogen-bond acceptors (Lipinski definition) is 4. The van der Waals surface area contributed by atoms with E-state index in [1.165, 1.54) is 14.0 Å². The maximum absolute atomic E-state index is 13.8. The lowest BCUT2D eigenvalue weighted by Crippen LogP contribution is -2.45. The SMILES string of the molecule is COc1ccc(C)cc1N(C(C)C(=O)Nc1ccc(F)cc1F)S(C)(=O)=O. The van der Waals surface area contributed by atoms with E-state index >= 15 is 0 Å². The van der Waals surface area contributed by atoms with E-state index in [1.807, 2.05) is 0 Å². The minimum atomic E-state index is -3.88. The van der Waals surface area contributed by atoms with Gasteiger partial charge in [0.15, 0.2) is 0 Å². The highest BCUT2D eigenvalue weighted by atomic mass is 32.2. The first-order valence-electron chi connectivity index (χ1n) is 7.94. The molecule has 1 unspecified atom stereocenters. The summed E-state index contributed by atoms with van der Waals surface area (Å²) in [5.74, 6) is -2.27. The molecule has 2 aromatic rings. The quantitative estimate of drug-likeness (QED) is 0.811. The van der Waals surface area contributed by atoms with Crippen LogP contribution in [0.2, 0.25) is 0 Å². The zero-order valence-electron chi connectivity index (χ0n) is 15.3. The molecule has 0 spiro atoms. The van der Waals surface area contributed by atoms with Gasteiger partial charge < -0.3 is 10.1 Å². The first kappa shape index (κ1) is 20.6. The Morgan fingerprint density at radius 2 is 1.85 bits per heavy atom. The molecule has 0 saturated heterocycles. The average Bonchev–Trinajstić information content (AvgIpc) is 2.56. The van der Waals surface area contributed by atoms with E-state index < -0.39 is 33.6 Å². The van der Waals surface area contributed by atoms with Crippen molar-refractivity contribution in [3.8, 4) is 5.75 Å². The molecule has 0 aliphatic carbocycles. The normalized spacial score (nSPS) is 12.4. The molecule has 0 aliphatic heterocycles. The Kier molecular flexibility index (Phi) is 6.04. The van der Waals surface area contributed by atoms with Gasteiger partial charge in [0.25, 0.3) is 0 Å². The number of amides is 1. The highest BCUT2D eigenvalue weighted by molar-refractivity contribution is 7.92. The predicted octanol–water partition coefficient (Wildman–Crippen LogP) is 3.08. The molecular weight excluding hydrogens is 378 g/mol. The number of ether oxygens (including phenoxy) is 1. The van der Waals surface area contributed by atoms with Crippen molar-refractivity contribution in [3.63, 3.8) is 0 Å². The molecule has 146 valence electrons. The van der Waals surface area contributed by atoms with Gasteiger partial charge in [-0.15, -0.1) is 0 Å². The van der Waals surface area contributed by atoms with E-state index in [1.54, 1.807) is 25.1 Å². The van der Waals surface area contributed by atoms with Gasteiger partial charge in [0.1, 0.15) is 23.4 Å². The summed E-state index contributed by atoms with van der Waals surface area (Å²) < 4.78 is 57.7. The van der Waals surface area contributed by atoms with E-state index in [-0.39, 0.29) is 17.1 Å². The number of sulfonamides is 1. The molecule has 0 aromatic heterocycles. The monoisotopic (exact) mass is 398 g/mol. The number of hydrogen-bond donors (Lipinski definition) is 1. The molecule has 6 nitrogen and oxygen atoms in total. The predicted molar refractivity (Wildman–Crippen MR) is 99.5 cm³/mol. The van der Waals surface area contributed by atoms with Gasteiger partial charge in [0, 0.05) is 6.07 Å². The molecule has 0 heterocycles. The van der Waals surface area contributed by atoms with Gasteiger partial charge in [0.2, 0.25) is 15.9 Å². The van der Waals surface area contributed by atoms with Crippen LogP contribution >= 0.6 is 0 Å². The molecule has 9 heteroatoms. The molecule has 1 N–H and O–H groups in total. The summed E-state index contributed by atoms with van der Waals surface area (Å²) in [6.45, 7) is 3.13. The van der Waals surface area contributed by atoms with E-state index in [0.29, 0.717) is 6.07 Å². The fourth-order valence-corrected chi connectivity index (χ4v) is 3.75. The number of nitrogens with one attached hydrogen (secondary N) is 1. The van der Waals surface area contributed by atoms with Crippen molar-refractivity contribution in [3.05, 3.63) is 53.6 Å². The first-order valence-corrected chi connectivity index (χ1v) is 9.79. The van der Waals surface area contributed by atoms with E-state index in [2.05, 4.69) is 5.32 Å². The van der Waals surface area contributed by atoms with E-state index in [0.717, 1.165) is 28.3 Å². The van der Waals surface area contributed by atoms with Gasteiger partial charge >= 0.3 is 0 Å². The first-order chi connectivity index (χ1) is 12.5. The summed E-state index contributed by atoms with van der Waals surface area (Å²) in [5.41, 5.74) is 0.691. The molecule has 0 saturated carbocycles. The smallest absolute Gasteiger partial charge is 0.248 e. The topological polar surface area (TPSA) is 75.7 Å². The van der Waals surface area contributed by atoms with Crippen LogP contribution in [-0.2, 0) is 14.8 Å². The lowest BCUT2D eigenvalue weighted by atomic mass is 10.2. The van der Waals surface area contributed by atoms with Crippen molar-refractivity contribution in [1.29, 1.82) is 0 Å². The van der Waals surface area contributed by atoms with Crippen LogP contribution < -0.4 is 14.4 Å². The van der Waals surface area contributed by atoms with Crippen molar-refractivity contribution in [2.75, 3.05) is 23.0 Å². The van der Waals surface area contributed by atoms with Crippen LogP contribution in [-0.4, -0.2) is 33.7 Å². The highest BCUT2D eigenvalue weighted by Gasteiger charge is 2.31. The maximum atomic E-state index is 13.8. The number of carbonyl (C=O) groups excluding carboxylic acids is 1. The number of carbonyl (C=O) groups is 1. The van der Waals surface area contributed by atoms with Crippen molar-refractivity contribution < 1.29 is 26.7 Å². The average molecular weight is 398 g/mol. The van der Waals surface area contributed by atoms with Gasteiger partial charge in [-0.3, -0.25) is 9.10 Å². The van der Waals surface area contributed by atoms with Crippen LogP contribution in [0.3, 0.4) is 0 Å². The Hall–Kier alpha value is -2.68. The standard InChI is InChI=1S/C18H20F2N2O4S/c1-11-5-8-17(26-3)16(9-11)22(27(4,24)25)12(2)18(23)21-15-7-6-13(19)10-14(15)20/h5-10,12H,1-4H3,(H,21,23). The summed E-state index contributed by atoms with van der Waals surface area (Å²) in [6, 6.07) is 6.35. The van der Waals surface area contributed by atoms with Gasteiger partial charge in [0.05, 0.1) is 24.7 Å². The van der Waals surface area contributed by atoms with Gasteiger partial charge in [-0.2, -0.15) is 0 Å². The minimum absolute atomic E-state index is 0.183. The van der Waals surface area contributed by atoms with Crippen molar-refractivity contribution >= 4 is 27.3 Å². The zero-order chi connectivity index (χ0) is 20.4. The third-order valence-corrected chi connectivity index (χ3v) is 5.08. The van der Waals surface area contributed by atoms with Gasteiger partial charge in [-0.1, -0.05) is 6.07 Å². The van der Waals surface area contributed by atoms with Crippen LogP contribution in [0.5, 0.6) is 5.75 Å². The second-order valence-corrected chi connectivity index (χ2v) is 7.88. The fourth-order valence-electron chi connectivity index (χ4n) is 2.58. The molecule has 0 radical (unpaired) electrons. The number of anilines is 2. The van der Waals surface area contributed by atoms with Crippen LogP contribution in [0.25, 0.3) is 0 Å². The molecule has 0 aliphatic rings. The Bertz CT molecular complexity index is 964. The molecule has 1 atom stereocenters. The Balaban J connectivity index is 2.42. The number of benzene rings is 2. The highest BCUT2D eigenvalue weighted by Crippen LogP contribution is 2.33. The number of rotatable bonds is 6. The van der Waals surface area contributed by atoms with Gasteiger partial charge in [-0.25, -0.2) is 17.2 Å². The van der Waals surface area contributed by atoms with Crippen LogP contribution in [0.1, 0.15) is 12.5 Å².